The molecule has 5 rings (SSSR count). The highest BCUT2D eigenvalue weighted by Crippen LogP contribution is 2.36. The quantitative estimate of drug-likeness (QED) is 0.252. The van der Waals surface area contributed by atoms with E-state index in [9.17, 15) is 31.1 Å². The molecular formula is C29H23F6N3O2. The van der Waals surface area contributed by atoms with Gasteiger partial charge in [0.25, 0.3) is 0 Å². The van der Waals surface area contributed by atoms with Crippen molar-refractivity contribution >= 4 is 11.7 Å². The number of hydrogen-bond donors (Lipinski definition) is 1. The predicted molar refractivity (Wildman–Crippen MR) is 136 cm³/mol. The van der Waals surface area contributed by atoms with E-state index in [-0.39, 0.29) is 6.54 Å². The van der Waals surface area contributed by atoms with Crippen LogP contribution in [-0.4, -0.2) is 27.4 Å². The summed E-state index contributed by atoms with van der Waals surface area (Å²) >= 11 is 0. The Bertz CT molecular complexity index is 1540. The molecule has 1 N–H and O–H groups in total. The molecule has 0 bridgehead atoms. The van der Waals surface area contributed by atoms with Crippen LogP contribution in [-0.2, 0) is 31.9 Å². The number of aromatic carboxylic acids is 1. The standard InChI is InChI=1S/C29H23F6N3O2/c30-28(31,32)23-11-10-21-5-2-12-37(25(21)14-23)15-19-3-1-4-22(13-19)20-8-6-18(7-9-20)16-38-17-24(27(39)40)26(36-38)29(33,34)35/h1,3-4,6-11,13-14,17H,2,5,12,15-16H2,(H,39,40). The minimum atomic E-state index is -4.88. The summed E-state index contributed by atoms with van der Waals surface area (Å²) in [6.45, 7) is 1.03. The highest BCUT2D eigenvalue weighted by atomic mass is 19.4. The fourth-order valence-corrected chi connectivity index (χ4v) is 4.92. The molecule has 0 atom stereocenters. The van der Waals surface area contributed by atoms with Gasteiger partial charge in [-0.3, -0.25) is 4.68 Å². The number of fused-ring (bicyclic) bond motifs is 1. The monoisotopic (exact) mass is 559 g/mol. The first-order valence-corrected chi connectivity index (χ1v) is 12.4. The minimum absolute atomic E-state index is 0.0506. The van der Waals surface area contributed by atoms with Crippen molar-refractivity contribution in [3.8, 4) is 11.1 Å². The number of halogens is 6. The lowest BCUT2D eigenvalue weighted by atomic mass is 9.97. The summed E-state index contributed by atoms with van der Waals surface area (Å²) in [5.41, 5.74) is 1.71. The molecule has 0 unspecified atom stereocenters. The van der Waals surface area contributed by atoms with Gasteiger partial charge in [0.15, 0.2) is 5.69 Å². The summed E-state index contributed by atoms with van der Waals surface area (Å²) < 4.78 is 80.3. The van der Waals surface area contributed by atoms with Crippen LogP contribution in [0.25, 0.3) is 11.1 Å². The molecule has 208 valence electrons. The predicted octanol–water partition coefficient (Wildman–Crippen LogP) is 7.29. The molecule has 1 aliphatic heterocycles. The second-order valence-electron chi connectivity index (χ2n) is 9.66. The zero-order valence-corrected chi connectivity index (χ0v) is 20.9. The van der Waals surface area contributed by atoms with Crippen molar-refractivity contribution < 1.29 is 36.2 Å². The Morgan fingerprint density at radius 1 is 0.850 bits per heavy atom. The minimum Gasteiger partial charge on any atom is -0.478 e. The van der Waals surface area contributed by atoms with Crippen molar-refractivity contribution in [2.45, 2.75) is 38.3 Å². The van der Waals surface area contributed by atoms with Crippen LogP contribution in [0.5, 0.6) is 0 Å². The third kappa shape index (κ3) is 5.83. The molecule has 5 nitrogen and oxygen atoms in total. The van der Waals surface area contributed by atoms with Crippen molar-refractivity contribution in [1.29, 1.82) is 0 Å². The maximum atomic E-state index is 13.3. The van der Waals surface area contributed by atoms with E-state index < -0.39 is 35.1 Å². The number of aryl methyl sites for hydroxylation is 1. The smallest absolute Gasteiger partial charge is 0.436 e. The van der Waals surface area contributed by atoms with Gasteiger partial charge in [0.05, 0.1) is 12.1 Å². The highest BCUT2D eigenvalue weighted by Gasteiger charge is 2.39. The fraction of sp³-hybridized carbons (Fsp3) is 0.241. The summed E-state index contributed by atoms with van der Waals surface area (Å²) in [4.78, 5) is 13.2. The van der Waals surface area contributed by atoms with Gasteiger partial charge >= 0.3 is 18.3 Å². The molecule has 0 aliphatic carbocycles. The van der Waals surface area contributed by atoms with E-state index in [0.29, 0.717) is 24.3 Å². The Balaban J connectivity index is 1.33. The fourth-order valence-electron chi connectivity index (χ4n) is 4.92. The number of carbonyl (C=O) groups is 1. The molecular weight excluding hydrogens is 536 g/mol. The summed E-state index contributed by atoms with van der Waals surface area (Å²) in [5.74, 6) is -1.71. The van der Waals surface area contributed by atoms with Gasteiger partial charge in [-0.05, 0) is 58.9 Å². The SMILES string of the molecule is O=C(O)c1cn(Cc2ccc(-c3cccc(CN4CCCc5ccc(C(F)(F)F)cc54)c3)cc2)nc1C(F)(F)F. The molecule has 0 fully saturated rings. The molecule has 3 aromatic carbocycles. The van der Waals surface area contributed by atoms with Gasteiger partial charge in [0.1, 0.15) is 5.56 Å². The molecule has 0 saturated carbocycles. The lowest BCUT2D eigenvalue weighted by molar-refractivity contribution is -0.142. The Morgan fingerprint density at radius 3 is 2.25 bits per heavy atom. The average molecular weight is 560 g/mol. The van der Waals surface area contributed by atoms with Crippen molar-refractivity contribution in [2.75, 3.05) is 11.4 Å². The Morgan fingerprint density at radius 2 is 1.60 bits per heavy atom. The summed E-state index contributed by atoms with van der Waals surface area (Å²) in [6.07, 6.45) is -6.87. The number of anilines is 1. The number of carboxylic acids is 1. The van der Waals surface area contributed by atoms with Crippen LogP contribution in [0.1, 0.15) is 44.7 Å². The van der Waals surface area contributed by atoms with Gasteiger partial charge in [0.2, 0.25) is 0 Å². The molecule has 4 aromatic rings. The third-order valence-electron chi connectivity index (χ3n) is 6.82. The van der Waals surface area contributed by atoms with E-state index in [4.69, 9.17) is 5.11 Å². The van der Waals surface area contributed by atoms with Crippen LogP contribution in [0.15, 0.2) is 72.9 Å². The summed E-state index contributed by atoms with van der Waals surface area (Å²) in [5, 5.41) is 12.5. The van der Waals surface area contributed by atoms with E-state index >= 15 is 0 Å². The normalized spacial score (nSPS) is 13.8. The molecule has 1 aliphatic rings. The van der Waals surface area contributed by atoms with Gasteiger partial charge in [0, 0.05) is 25.0 Å². The maximum Gasteiger partial charge on any atom is 0.436 e. The van der Waals surface area contributed by atoms with Crippen LogP contribution in [0, 0.1) is 0 Å². The molecule has 0 saturated heterocycles. The van der Waals surface area contributed by atoms with Crippen LogP contribution in [0.2, 0.25) is 0 Å². The van der Waals surface area contributed by atoms with E-state index in [2.05, 4.69) is 5.10 Å². The second kappa shape index (κ2) is 10.4. The van der Waals surface area contributed by atoms with Crippen LogP contribution in [0.3, 0.4) is 0 Å². The number of rotatable bonds is 6. The number of hydrogen-bond acceptors (Lipinski definition) is 3. The second-order valence-corrected chi connectivity index (χ2v) is 9.66. The summed E-state index contributed by atoms with van der Waals surface area (Å²) in [7, 11) is 0. The van der Waals surface area contributed by atoms with Gasteiger partial charge in [-0.2, -0.15) is 31.4 Å². The number of benzene rings is 3. The Labute approximate surface area is 225 Å². The molecule has 0 radical (unpaired) electrons. The first-order chi connectivity index (χ1) is 18.9. The van der Waals surface area contributed by atoms with Crippen molar-refractivity contribution in [1.82, 2.24) is 9.78 Å². The molecule has 11 heteroatoms. The molecule has 0 amide bonds. The van der Waals surface area contributed by atoms with E-state index in [1.54, 1.807) is 30.3 Å². The first kappa shape index (κ1) is 27.3. The number of nitrogens with zero attached hydrogens (tertiary/aromatic N) is 3. The average Bonchev–Trinajstić information content (AvgIpc) is 3.34. The van der Waals surface area contributed by atoms with E-state index in [1.807, 2.05) is 29.2 Å². The number of alkyl halides is 6. The Hall–Kier alpha value is -4.28. The zero-order chi connectivity index (χ0) is 28.7. The van der Waals surface area contributed by atoms with Gasteiger partial charge < -0.3 is 10.0 Å². The van der Waals surface area contributed by atoms with Crippen LogP contribution in [0.4, 0.5) is 32.0 Å². The molecule has 0 spiro atoms. The van der Waals surface area contributed by atoms with Crippen LogP contribution < -0.4 is 4.90 Å². The largest absolute Gasteiger partial charge is 0.478 e. The van der Waals surface area contributed by atoms with Gasteiger partial charge in [-0.15, -0.1) is 0 Å². The molecule has 2 heterocycles. The highest BCUT2D eigenvalue weighted by molar-refractivity contribution is 5.88. The molecule has 1 aromatic heterocycles. The summed E-state index contributed by atoms with van der Waals surface area (Å²) in [6, 6.07) is 18.6. The topological polar surface area (TPSA) is 58.4 Å². The van der Waals surface area contributed by atoms with E-state index in [1.165, 1.54) is 6.07 Å². The Kier molecular flexibility index (Phi) is 7.07. The van der Waals surface area contributed by atoms with Gasteiger partial charge in [-0.1, -0.05) is 48.5 Å². The van der Waals surface area contributed by atoms with Crippen LogP contribution >= 0.6 is 0 Å². The van der Waals surface area contributed by atoms with E-state index in [0.717, 1.165) is 52.0 Å². The first-order valence-electron chi connectivity index (χ1n) is 12.4. The van der Waals surface area contributed by atoms with Crippen molar-refractivity contribution in [2.24, 2.45) is 0 Å². The number of carboxylic acid groups (broad SMARTS) is 1. The van der Waals surface area contributed by atoms with Crippen molar-refractivity contribution in [3.63, 3.8) is 0 Å². The lowest BCUT2D eigenvalue weighted by Gasteiger charge is -2.32. The zero-order valence-electron chi connectivity index (χ0n) is 20.9. The lowest BCUT2D eigenvalue weighted by Crippen LogP contribution is -2.29. The maximum absolute atomic E-state index is 13.3. The number of aromatic nitrogens is 2. The van der Waals surface area contributed by atoms with Gasteiger partial charge in [-0.25, -0.2) is 4.79 Å². The van der Waals surface area contributed by atoms with Crippen molar-refractivity contribution in [3.05, 3.63) is 106 Å². The third-order valence-corrected chi connectivity index (χ3v) is 6.82. The molecule has 40 heavy (non-hydrogen) atoms.